The summed E-state index contributed by atoms with van der Waals surface area (Å²) < 4.78 is 3.86. The standard InChI is InChI=1S/C4H5NS.C3H8.C2H6/c1-4-2-3-5-6-4;1-3-2;1-2/h2-3H,1H3;3H2,1-2H3;1-2H3. The van der Waals surface area contributed by atoms with Gasteiger partial charge in [0.25, 0.3) is 0 Å². The predicted molar refractivity (Wildman–Crippen MR) is 54.2 cm³/mol. The molecule has 0 aliphatic heterocycles. The van der Waals surface area contributed by atoms with Crippen molar-refractivity contribution >= 4 is 11.5 Å². The minimum Gasteiger partial charge on any atom is -0.201 e. The van der Waals surface area contributed by atoms with Crippen LogP contribution in [0.5, 0.6) is 0 Å². The Morgan fingerprint density at radius 2 is 1.82 bits per heavy atom. The molecule has 0 unspecified atom stereocenters. The smallest absolute Gasteiger partial charge is 0.0409 e. The first kappa shape index (κ1) is 13.2. The van der Waals surface area contributed by atoms with Crippen molar-refractivity contribution in [3.05, 3.63) is 17.1 Å². The molecular formula is C9H19NS. The summed E-state index contributed by atoms with van der Waals surface area (Å²) in [7, 11) is 0. The molecule has 66 valence electrons. The maximum absolute atomic E-state index is 3.86. The van der Waals surface area contributed by atoms with Crippen LogP contribution in [0.1, 0.15) is 39.0 Å². The third-order valence-corrected chi connectivity index (χ3v) is 1.22. The first-order valence-electron chi connectivity index (χ1n) is 4.18. The second-order valence-electron chi connectivity index (χ2n) is 1.83. The fourth-order valence-corrected chi connectivity index (χ4v) is 0.689. The lowest BCUT2D eigenvalue weighted by Crippen LogP contribution is -1.43. The Hall–Kier alpha value is -0.370. The summed E-state index contributed by atoms with van der Waals surface area (Å²) in [6, 6.07) is 1.99. The molecule has 2 heteroatoms. The maximum Gasteiger partial charge on any atom is 0.0409 e. The minimum atomic E-state index is 1.25. The highest BCUT2D eigenvalue weighted by Crippen LogP contribution is 1.98. The molecule has 0 spiro atoms. The van der Waals surface area contributed by atoms with Crippen molar-refractivity contribution in [2.45, 2.75) is 41.0 Å². The van der Waals surface area contributed by atoms with Gasteiger partial charge in [0.15, 0.2) is 0 Å². The first-order valence-corrected chi connectivity index (χ1v) is 4.95. The Morgan fingerprint density at radius 1 is 1.36 bits per heavy atom. The lowest BCUT2D eigenvalue weighted by molar-refractivity contribution is 1.09. The van der Waals surface area contributed by atoms with Crippen LogP contribution in [0.15, 0.2) is 12.3 Å². The third-order valence-electron chi connectivity index (χ3n) is 0.567. The second-order valence-corrected chi connectivity index (χ2v) is 2.87. The molecule has 0 bridgehead atoms. The fraction of sp³-hybridized carbons (Fsp3) is 0.667. The molecule has 0 aliphatic carbocycles. The van der Waals surface area contributed by atoms with Crippen molar-refractivity contribution in [3.8, 4) is 0 Å². The van der Waals surface area contributed by atoms with Crippen LogP contribution in [0.25, 0.3) is 0 Å². The average Bonchev–Trinajstić information content (AvgIpc) is 2.46. The Kier molecular flexibility index (Phi) is 14.8. The van der Waals surface area contributed by atoms with E-state index in [1.807, 2.05) is 26.8 Å². The monoisotopic (exact) mass is 173 g/mol. The van der Waals surface area contributed by atoms with Crippen LogP contribution < -0.4 is 0 Å². The number of nitrogens with zero attached hydrogens (tertiary/aromatic N) is 1. The van der Waals surface area contributed by atoms with Crippen molar-refractivity contribution < 1.29 is 0 Å². The third kappa shape index (κ3) is 12.8. The molecule has 1 aromatic rings. The van der Waals surface area contributed by atoms with Crippen molar-refractivity contribution in [1.29, 1.82) is 0 Å². The van der Waals surface area contributed by atoms with Gasteiger partial charge in [-0.3, -0.25) is 0 Å². The molecule has 0 atom stereocenters. The van der Waals surface area contributed by atoms with Gasteiger partial charge in [-0.1, -0.05) is 34.1 Å². The summed E-state index contributed by atoms with van der Waals surface area (Å²) in [5.41, 5.74) is 0. The molecule has 0 aliphatic rings. The molecule has 0 radical (unpaired) electrons. The van der Waals surface area contributed by atoms with Crippen LogP contribution in [0.2, 0.25) is 0 Å². The van der Waals surface area contributed by atoms with E-state index in [0.29, 0.717) is 0 Å². The van der Waals surface area contributed by atoms with Gasteiger partial charge in [-0.2, -0.15) is 0 Å². The van der Waals surface area contributed by atoms with E-state index in [1.54, 1.807) is 6.20 Å². The Labute approximate surface area is 74.6 Å². The fourth-order valence-electron chi connectivity index (χ4n) is 0.279. The van der Waals surface area contributed by atoms with Gasteiger partial charge in [-0.25, -0.2) is 4.37 Å². The molecule has 1 rings (SSSR count). The Morgan fingerprint density at radius 3 is 1.91 bits per heavy atom. The molecule has 11 heavy (non-hydrogen) atoms. The number of hydrogen-bond acceptors (Lipinski definition) is 2. The normalized spacial score (nSPS) is 7.00. The van der Waals surface area contributed by atoms with Crippen molar-refractivity contribution in [1.82, 2.24) is 4.37 Å². The van der Waals surface area contributed by atoms with E-state index in [2.05, 4.69) is 18.2 Å². The zero-order valence-corrected chi connectivity index (χ0v) is 9.03. The largest absolute Gasteiger partial charge is 0.201 e. The summed E-state index contributed by atoms with van der Waals surface area (Å²) >= 11 is 1.53. The van der Waals surface area contributed by atoms with E-state index < -0.39 is 0 Å². The van der Waals surface area contributed by atoms with E-state index in [1.165, 1.54) is 22.8 Å². The lowest BCUT2D eigenvalue weighted by atomic mass is 10.6. The van der Waals surface area contributed by atoms with E-state index in [4.69, 9.17) is 0 Å². The zero-order valence-electron chi connectivity index (χ0n) is 8.22. The first-order chi connectivity index (χ1) is 5.31. The predicted octanol–water partition coefficient (Wildman–Crippen LogP) is 3.89. The molecular weight excluding hydrogens is 154 g/mol. The second kappa shape index (κ2) is 12.3. The van der Waals surface area contributed by atoms with Gasteiger partial charge in [0.05, 0.1) is 0 Å². The minimum absolute atomic E-state index is 1.25. The van der Waals surface area contributed by atoms with Gasteiger partial charge in [-0.15, -0.1) is 0 Å². The van der Waals surface area contributed by atoms with Crippen LogP contribution in [0.4, 0.5) is 0 Å². The van der Waals surface area contributed by atoms with Crippen molar-refractivity contribution in [2.24, 2.45) is 0 Å². The lowest BCUT2D eigenvalue weighted by Gasteiger charge is -1.63. The SMILES string of the molecule is CC.CCC.Cc1ccns1. The molecule has 0 amide bonds. The number of aryl methyl sites for hydroxylation is 1. The molecule has 0 fully saturated rings. The molecule has 1 aromatic heterocycles. The van der Waals surface area contributed by atoms with E-state index in [-0.39, 0.29) is 0 Å². The molecule has 1 nitrogen and oxygen atoms in total. The molecule has 0 aromatic carbocycles. The van der Waals surface area contributed by atoms with Crippen molar-refractivity contribution in [3.63, 3.8) is 0 Å². The van der Waals surface area contributed by atoms with E-state index in [9.17, 15) is 0 Å². The highest BCUT2D eigenvalue weighted by atomic mass is 32.1. The summed E-state index contributed by atoms with van der Waals surface area (Å²) in [6.45, 7) is 10.3. The van der Waals surface area contributed by atoms with Crippen LogP contribution in [-0.2, 0) is 0 Å². The molecule has 0 saturated carbocycles. The summed E-state index contributed by atoms with van der Waals surface area (Å²) in [5, 5.41) is 0. The average molecular weight is 173 g/mol. The van der Waals surface area contributed by atoms with E-state index in [0.717, 1.165) is 0 Å². The Bertz CT molecular complexity index is 124. The molecule has 0 saturated heterocycles. The van der Waals surface area contributed by atoms with Gasteiger partial charge in [0.1, 0.15) is 0 Å². The van der Waals surface area contributed by atoms with Crippen LogP contribution in [0, 0.1) is 6.92 Å². The molecule has 1 heterocycles. The summed E-state index contributed by atoms with van der Waals surface area (Å²) in [6.07, 6.45) is 3.06. The highest BCUT2D eigenvalue weighted by molar-refractivity contribution is 7.05. The quantitative estimate of drug-likeness (QED) is 0.580. The topological polar surface area (TPSA) is 12.9 Å². The highest BCUT2D eigenvalue weighted by Gasteiger charge is 1.76. The van der Waals surface area contributed by atoms with Gasteiger partial charge in [0.2, 0.25) is 0 Å². The Balaban J connectivity index is 0. The van der Waals surface area contributed by atoms with Crippen LogP contribution >= 0.6 is 11.5 Å². The molecule has 0 N–H and O–H groups in total. The zero-order chi connectivity index (χ0) is 9.11. The van der Waals surface area contributed by atoms with E-state index >= 15 is 0 Å². The number of aromatic nitrogens is 1. The van der Waals surface area contributed by atoms with Gasteiger partial charge in [0, 0.05) is 11.1 Å². The summed E-state index contributed by atoms with van der Waals surface area (Å²) in [4.78, 5) is 1.27. The van der Waals surface area contributed by atoms with Crippen LogP contribution in [0.3, 0.4) is 0 Å². The number of hydrogen-bond donors (Lipinski definition) is 0. The van der Waals surface area contributed by atoms with Crippen molar-refractivity contribution in [2.75, 3.05) is 0 Å². The summed E-state index contributed by atoms with van der Waals surface area (Å²) in [5.74, 6) is 0. The van der Waals surface area contributed by atoms with Crippen LogP contribution in [-0.4, -0.2) is 4.37 Å². The van der Waals surface area contributed by atoms with Gasteiger partial charge in [-0.05, 0) is 24.5 Å². The maximum atomic E-state index is 3.86. The number of rotatable bonds is 0. The van der Waals surface area contributed by atoms with Gasteiger partial charge >= 0.3 is 0 Å². The van der Waals surface area contributed by atoms with Gasteiger partial charge < -0.3 is 0 Å².